The molecular formula is C69H134O17P2. The number of carbonyl (C=O) groups excluding carboxylic acids is 4. The van der Waals surface area contributed by atoms with E-state index in [0.29, 0.717) is 31.6 Å². The van der Waals surface area contributed by atoms with Crippen LogP contribution < -0.4 is 0 Å². The number of esters is 4. The Labute approximate surface area is 537 Å². The van der Waals surface area contributed by atoms with Crippen molar-refractivity contribution in [1.29, 1.82) is 0 Å². The predicted octanol–water partition coefficient (Wildman–Crippen LogP) is 19.3. The number of aliphatic hydroxyl groups excluding tert-OH is 1. The van der Waals surface area contributed by atoms with Gasteiger partial charge < -0.3 is 33.8 Å². The monoisotopic (exact) mass is 1300 g/mol. The summed E-state index contributed by atoms with van der Waals surface area (Å²) in [6.07, 6.45) is 40.5. The lowest BCUT2D eigenvalue weighted by molar-refractivity contribution is -0.161. The van der Waals surface area contributed by atoms with Crippen LogP contribution in [0.15, 0.2) is 0 Å². The number of phosphoric ester groups is 2. The maximum absolute atomic E-state index is 13.0. The highest BCUT2D eigenvalue weighted by Gasteiger charge is 2.30. The molecule has 522 valence electrons. The van der Waals surface area contributed by atoms with Crippen LogP contribution in [0, 0.1) is 23.7 Å². The van der Waals surface area contributed by atoms with Gasteiger partial charge in [0.05, 0.1) is 26.4 Å². The van der Waals surface area contributed by atoms with E-state index in [4.69, 9.17) is 37.0 Å². The Bertz CT molecular complexity index is 1750. The molecule has 0 heterocycles. The molecule has 0 rings (SSSR count). The molecule has 0 aliphatic rings. The topological polar surface area (TPSA) is 237 Å². The average molecular weight is 1300 g/mol. The third-order valence-corrected chi connectivity index (χ3v) is 17.7. The lowest BCUT2D eigenvalue weighted by Gasteiger charge is -2.21. The van der Waals surface area contributed by atoms with Crippen LogP contribution in [0.1, 0.15) is 338 Å². The van der Waals surface area contributed by atoms with E-state index in [1.165, 1.54) is 135 Å². The van der Waals surface area contributed by atoms with Crippen LogP contribution in [0.25, 0.3) is 0 Å². The van der Waals surface area contributed by atoms with Crippen molar-refractivity contribution in [2.75, 3.05) is 39.6 Å². The van der Waals surface area contributed by atoms with Crippen LogP contribution in [-0.4, -0.2) is 96.7 Å². The number of phosphoric acid groups is 2. The van der Waals surface area contributed by atoms with Crippen LogP contribution >= 0.6 is 15.6 Å². The lowest BCUT2D eigenvalue weighted by atomic mass is 10.0. The van der Waals surface area contributed by atoms with Crippen molar-refractivity contribution in [2.45, 2.75) is 356 Å². The maximum atomic E-state index is 13.0. The zero-order valence-corrected chi connectivity index (χ0v) is 59.1. The first-order valence-corrected chi connectivity index (χ1v) is 38.7. The first-order chi connectivity index (χ1) is 42.1. The molecule has 3 N–H and O–H groups in total. The molecular weight excluding hydrogens is 1160 g/mol. The molecule has 0 aromatic carbocycles. The smallest absolute Gasteiger partial charge is 0.462 e. The van der Waals surface area contributed by atoms with Crippen molar-refractivity contribution < 1.29 is 80.2 Å². The lowest BCUT2D eigenvalue weighted by Crippen LogP contribution is -2.30. The number of rotatable bonds is 66. The second-order valence-corrected chi connectivity index (χ2v) is 29.7. The Morgan fingerprint density at radius 3 is 0.705 bits per heavy atom. The molecule has 88 heavy (non-hydrogen) atoms. The Balaban J connectivity index is 5.24. The van der Waals surface area contributed by atoms with Gasteiger partial charge in [0.25, 0.3) is 0 Å². The van der Waals surface area contributed by atoms with Crippen LogP contribution in [0.5, 0.6) is 0 Å². The molecule has 0 radical (unpaired) electrons. The molecule has 0 amide bonds. The summed E-state index contributed by atoms with van der Waals surface area (Å²) in [6, 6.07) is 0. The van der Waals surface area contributed by atoms with Crippen molar-refractivity contribution in [3.05, 3.63) is 0 Å². The number of unbranched alkanes of at least 4 members (excludes halogenated alkanes) is 32. The molecule has 0 bridgehead atoms. The Morgan fingerprint density at radius 1 is 0.284 bits per heavy atom. The van der Waals surface area contributed by atoms with Gasteiger partial charge >= 0.3 is 39.5 Å². The molecule has 0 aromatic heterocycles. The van der Waals surface area contributed by atoms with E-state index in [0.717, 1.165) is 114 Å². The van der Waals surface area contributed by atoms with Gasteiger partial charge in [-0.05, 0) is 49.4 Å². The van der Waals surface area contributed by atoms with E-state index < -0.39 is 97.5 Å². The molecule has 0 aliphatic carbocycles. The number of hydrogen-bond donors (Lipinski definition) is 3. The third-order valence-electron chi connectivity index (χ3n) is 15.8. The minimum absolute atomic E-state index is 0.105. The second-order valence-electron chi connectivity index (χ2n) is 26.8. The van der Waals surface area contributed by atoms with E-state index in [1.807, 2.05) is 0 Å². The van der Waals surface area contributed by atoms with Gasteiger partial charge in [0.2, 0.25) is 0 Å². The number of ether oxygens (including phenoxy) is 4. The van der Waals surface area contributed by atoms with Crippen molar-refractivity contribution in [3.63, 3.8) is 0 Å². The summed E-state index contributed by atoms with van der Waals surface area (Å²) in [5, 5.41) is 10.6. The van der Waals surface area contributed by atoms with Gasteiger partial charge in [-0.15, -0.1) is 0 Å². The number of aliphatic hydroxyl groups is 1. The number of hydrogen-bond acceptors (Lipinski definition) is 15. The fraction of sp³-hybridized carbons (Fsp3) is 0.942. The molecule has 0 saturated heterocycles. The van der Waals surface area contributed by atoms with Crippen molar-refractivity contribution in [2.24, 2.45) is 23.7 Å². The molecule has 0 saturated carbocycles. The van der Waals surface area contributed by atoms with Gasteiger partial charge in [-0.1, -0.05) is 287 Å². The van der Waals surface area contributed by atoms with Crippen molar-refractivity contribution in [1.82, 2.24) is 0 Å². The molecule has 5 atom stereocenters. The van der Waals surface area contributed by atoms with Crippen LogP contribution in [0.3, 0.4) is 0 Å². The van der Waals surface area contributed by atoms with Gasteiger partial charge in [0, 0.05) is 25.7 Å². The Hall–Kier alpha value is -1.94. The molecule has 19 heteroatoms. The van der Waals surface area contributed by atoms with Gasteiger partial charge in [-0.25, -0.2) is 9.13 Å². The summed E-state index contributed by atoms with van der Waals surface area (Å²) < 4.78 is 68.2. The number of carbonyl (C=O) groups is 4. The predicted molar refractivity (Wildman–Crippen MR) is 354 cm³/mol. The molecule has 0 spiro atoms. The van der Waals surface area contributed by atoms with E-state index in [1.54, 1.807) is 0 Å². The third kappa shape index (κ3) is 62.8. The van der Waals surface area contributed by atoms with Crippen molar-refractivity contribution >= 4 is 39.5 Å². The van der Waals surface area contributed by atoms with Gasteiger partial charge in [-0.2, -0.15) is 0 Å². The molecule has 0 fully saturated rings. The maximum Gasteiger partial charge on any atom is 0.472 e. The normalized spacial score (nSPS) is 14.3. The molecule has 2 unspecified atom stereocenters. The minimum Gasteiger partial charge on any atom is -0.462 e. The molecule has 0 aromatic rings. The molecule has 17 nitrogen and oxygen atoms in total. The van der Waals surface area contributed by atoms with Crippen LogP contribution in [0.2, 0.25) is 0 Å². The summed E-state index contributed by atoms with van der Waals surface area (Å²) in [5.41, 5.74) is 0. The highest BCUT2D eigenvalue weighted by Crippen LogP contribution is 2.45. The Kier molecular flexibility index (Phi) is 57.6. The quantitative estimate of drug-likeness (QED) is 0.0222. The fourth-order valence-electron chi connectivity index (χ4n) is 10.3. The van der Waals surface area contributed by atoms with E-state index >= 15 is 0 Å². The fourth-order valence-corrected chi connectivity index (χ4v) is 11.9. The zero-order valence-electron chi connectivity index (χ0n) is 57.3. The first-order valence-electron chi connectivity index (χ1n) is 35.7. The first kappa shape index (κ1) is 86.1. The summed E-state index contributed by atoms with van der Waals surface area (Å²) >= 11 is 0. The second kappa shape index (κ2) is 58.8. The van der Waals surface area contributed by atoms with Gasteiger partial charge in [0.1, 0.15) is 19.3 Å². The molecule has 0 aliphatic heterocycles. The average Bonchev–Trinajstić information content (AvgIpc) is 3.46. The van der Waals surface area contributed by atoms with E-state index in [2.05, 4.69) is 55.4 Å². The summed E-state index contributed by atoms with van der Waals surface area (Å²) in [4.78, 5) is 72.5. The summed E-state index contributed by atoms with van der Waals surface area (Å²) in [6.45, 7) is 14.0. The van der Waals surface area contributed by atoms with Crippen LogP contribution in [0.4, 0.5) is 0 Å². The SMILES string of the molecule is CC(C)CCCCCCCCCCCCCCC(=O)O[C@H](COC(=O)CCCCCCCCC(C)C)COP(=O)(O)OC[C@H](O)COP(=O)(O)OC[C@@H](COC(=O)CCCCCCCCCCC(C)C)OC(=O)CCCCCCCCCCCCC(C)C. The van der Waals surface area contributed by atoms with Gasteiger partial charge in [-0.3, -0.25) is 37.3 Å². The summed E-state index contributed by atoms with van der Waals surface area (Å²) in [7, 11) is -9.90. The largest absolute Gasteiger partial charge is 0.472 e. The van der Waals surface area contributed by atoms with Gasteiger partial charge in [0.15, 0.2) is 12.2 Å². The highest BCUT2D eigenvalue weighted by molar-refractivity contribution is 7.47. The highest BCUT2D eigenvalue weighted by atomic mass is 31.2. The Morgan fingerprint density at radius 2 is 0.477 bits per heavy atom. The standard InChI is InChI=1S/C69H134O17P2/c1-59(2)45-37-29-21-15-11-9-10-12-17-25-35-43-51-68(73)86-65(56-80-67(72)50-42-34-28-27-32-40-48-62(7)8)58-84-88(77,78)82-54-63(70)53-81-87(75,76)83-57-64(55-79-66(71)49-41-33-24-20-19-23-31-39-47-61(5)6)85-69(74)52-44-36-26-18-14-13-16-22-30-38-46-60(3)4/h59-65,70H,9-58H2,1-8H3,(H,75,76)(H,77,78)/t63-,64-,65-/m1/s1. The van der Waals surface area contributed by atoms with E-state index in [-0.39, 0.29) is 25.7 Å². The zero-order chi connectivity index (χ0) is 65.4. The summed E-state index contributed by atoms with van der Waals surface area (Å²) in [5.74, 6) is 0.802. The van der Waals surface area contributed by atoms with E-state index in [9.17, 15) is 43.2 Å². The minimum atomic E-state index is -4.95. The van der Waals surface area contributed by atoms with Crippen LogP contribution in [-0.2, 0) is 65.4 Å². The van der Waals surface area contributed by atoms with Crippen molar-refractivity contribution in [3.8, 4) is 0 Å².